The molecule has 0 saturated heterocycles. The molecule has 120 valence electrons. The van der Waals surface area contributed by atoms with Crippen LogP contribution in [0.1, 0.15) is 5.56 Å². The Kier molecular flexibility index (Phi) is 4.11. The summed E-state index contributed by atoms with van der Waals surface area (Å²) in [6.07, 6.45) is 0. The Morgan fingerprint density at radius 1 is 1.04 bits per heavy atom. The summed E-state index contributed by atoms with van der Waals surface area (Å²) < 4.78 is 33.3. The molecule has 0 saturated carbocycles. The van der Waals surface area contributed by atoms with Gasteiger partial charge in [-0.1, -0.05) is 36.4 Å². The molecule has 0 aliphatic heterocycles. The van der Waals surface area contributed by atoms with E-state index < -0.39 is 10.0 Å². The van der Waals surface area contributed by atoms with E-state index in [1.165, 1.54) is 6.07 Å². The molecule has 0 aliphatic rings. The highest BCUT2D eigenvalue weighted by Gasteiger charge is 2.20. The van der Waals surface area contributed by atoms with Gasteiger partial charge in [-0.15, -0.1) is 0 Å². The Morgan fingerprint density at radius 3 is 2.48 bits per heavy atom. The van der Waals surface area contributed by atoms with Crippen LogP contribution in [0.4, 0.5) is 5.69 Å². The highest BCUT2D eigenvalue weighted by Crippen LogP contribution is 2.25. The van der Waals surface area contributed by atoms with Gasteiger partial charge in [-0.3, -0.25) is 4.72 Å². The van der Waals surface area contributed by atoms with Gasteiger partial charge >= 0.3 is 0 Å². The zero-order valence-electron chi connectivity index (χ0n) is 13.0. The van der Waals surface area contributed by atoms with Crippen molar-refractivity contribution >= 4 is 26.7 Å². The largest absolute Gasteiger partial charge is 0.443 e. The fraction of sp³-hybridized carbons (Fsp3) is 0.176. The predicted octanol–water partition coefficient (Wildman–Crippen LogP) is 3.30. The number of rotatable bonds is 5. The summed E-state index contributed by atoms with van der Waals surface area (Å²) in [5, 5.41) is 0.674. The maximum Gasteiger partial charge on any atom is 0.295 e. The van der Waals surface area contributed by atoms with Crippen LogP contribution in [0.3, 0.4) is 0 Å². The van der Waals surface area contributed by atoms with E-state index in [1.54, 1.807) is 18.2 Å². The Morgan fingerprint density at radius 2 is 1.74 bits per heavy atom. The average Bonchev–Trinajstić information content (AvgIpc) is 2.93. The molecule has 0 fully saturated rings. The maximum absolute atomic E-state index is 12.6. The SMILES string of the molecule is CN(C)Cc1ccccc1NS(=O)(=O)c1cc2ccccc2o1. The van der Waals surface area contributed by atoms with Gasteiger partial charge in [-0.25, -0.2) is 0 Å². The van der Waals surface area contributed by atoms with Crippen LogP contribution in [0.25, 0.3) is 11.0 Å². The fourth-order valence-corrected chi connectivity index (χ4v) is 3.45. The van der Waals surface area contributed by atoms with Crippen molar-refractivity contribution in [3.05, 3.63) is 60.2 Å². The molecule has 23 heavy (non-hydrogen) atoms. The lowest BCUT2D eigenvalue weighted by Gasteiger charge is -2.14. The quantitative estimate of drug-likeness (QED) is 0.780. The Hall–Kier alpha value is -2.31. The van der Waals surface area contributed by atoms with E-state index in [0.717, 1.165) is 10.9 Å². The van der Waals surface area contributed by atoms with Crippen molar-refractivity contribution in [3.63, 3.8) is 0 Å². The highest BCUT2D eigenvalue weighted by molar-refractivity contribution is 7.92. The third-order valence-electron chi connectivity index (χ3n) is 3.42. The molecule has 0 aliphatic carbocycles. The van der Waals surface area contributed by atoms with Gasteiger partial charge in [0.2, 0.25) is 5.09 Å². The molecular formula is C17H18N2O3S. The molecule has 3 aromatic rings. The number of sulfonamides is 1. The minimum Gasteiger partial charge on any atom is -0.443 e. The Balaban J connectivity index is 1.95. The number of anilines is 1. The summed E-state index contributed by atoms with van der Waals surface area (Å²) in [4.78, 5) is 1.98. The van der Waals surface area contributed by atoms with Crippen LogP contribution in [-0.2, 0) is 16.6 Å². The molecule has 0 unspecified atom stereocenters. The molecule has 3 rings (SSSR count). The maximum atomic E-state index is 12.6. The van der Waals surface area contributed by atoms with E-state index in [0.29, 0.717) is 17.8 Å². The first kappa shape index (κ1) is 15.6. The lowest BCUT2D eigenvalue weighted by molar-refractivity contribution is 0.403. The zero-order valence-corrected chi connectivity index (χ0v) is 13.8. The lowest BCUT2D eigenvalue weighted by atomic mass is 10.2. The van der Waals surface area contributed by atoms with Gasteiger partial charge in [0.1, 0.15) is 5.58 Å². The number of nitrogens with zero attached hydrogens (tertiary/aromatic N) is 1. The average molecular weight is 330 g/mol. The van der Waals surface area contributed by atoms with Crippen LogP contribution in [-0.4, -0.2) is 27.4 Å². The summed E-state index contributed by atoms with van der Waals surface area (Å²) in [5.41, 5.74) is 2.01. The van der Waals surface area contributed by atoms with Gasteiger partial charge in [0.15, 0.2) is 0 Å². The number of fused-ring (bicyclic) bond motifs is 1. The van der Waals surface area contributed by atoms with E-state index in [1.807, 2.05) is 49.3 Å². The van der Waals surface area contributed by atoms with Crippen molar-refractivity contribution in [1.82, 2.24) is 4.90 Å². The van der Waals surface area contributed by atoms with Gasteiger partial charge in [0.05, 0.1) is 5.69 Å². The van der Waals surface area contributed by atoms with Crippen LogP contribution in [0.5, 0.6) is 0 Å². The summed E-state index contributed by atoms with van der Waals surface area (Å²) in [7, 11) is 0.101. The number of benzene rings is 2. The summed E-state index contributed by atoms with van der Waals surface area (Å²) in [6, 6.07) is 16.1. The standard InChI is InChI=1S/C17H18N2O3S/c1-19(2)12-14-8-3-5-9-15(14)18-23(20,21)17-11-13-7-4-6-10-16(13)22-17/h3-11,18H,12H2,1-2H3. The Labute approximate surface area is 135 Å². The van der Waals surface area contributed by atoms with Crippen LogP contribution in [0.2, 0.25) is 0 Å². The van der Waals surface area contributed by atoms with Crippen molar-refractivity contribution in [2.24, 2.45) is 0 Å². The van der Waals surface area contributed by atoms with Crippen molar-refractivity contribution < 1.29 is 12.8 Å². The molecule has 1 heterocycles. The zero-order chi connectivity index (χ0) is 16.4. The van der Waals surface area contributed by atoms with E-state index >= 15 is 0 Å². The minimum atomic E-state index is -3.77. The van der Waals surface area contributed by atoms with Crippen molar-refractivity contribution in [2.45, 2.75) is 11.6 Å². The summed E-state index contributed by atoms with van der Waals surface area (Å²) in [6.45, 7) is 0.638. The number of hydrogen-bond donors (Lipinski definition) is 1. The highest BCUT2D eigenvalue weighted by atomic mass is 32.2. The molecule has 0 radical (unpaired) electrons. The molecule has 1 N–H and O–H groups in total. The Bertz CT molecular complexity index is 897. The second-order valence-electron chi connectivity index (χ2n) is 5.60. The van der Waals surface area contributed by atoms with E-state index in [9.17, 15) is 8.42 Å². The van der Waals surface area contributed by atoms with Gasteiger partial charge in [-0.2, -0.15) is 8.42 Å². The minimum absolute atomic E-state index is 0.0849. The van der Waals surface area contributed by atoms with E-state index in [-0.39, 0.29) is 5.09 Å². The summed E-state index contributed by atoms with van der Waals surface area (Å²) in [5.74, 6) is 0. The van der Waals surface area contributed by atoms with Gasteiger partial charge < -0.3 is 9.32 Å². The van der Waals surface area contributed by atoms with Crippen molar-refractivity contribution in [3.8, 4) is 0 Å². The molecule has 5 nitrogen and oxygen atoms in total. The second kappa shape index (κ2) is 6.06. The molecule has 0 bridgehead atoms. The van der Waals surface area contributed by atoms with E-state index in [2.05, 4.69) is 4.72 Å². The van der Waals surface area contributed by atoms with Crippen LogP contribution < -0.4 is 4.72 Å². The molecule has 0 spiro atoms. The van der Waals surface area contributed by atoms with Gasteiger partial charge in [-0.05, 0) is 31.8 Å². The smallest absolute Gasteiger partial charge is 0.295 e. The third-order valence-corrected chi connectivity index (χ3v) is 4.64. The predicted molar refractivity (Wildman–Crippen MR) is 90.9 cm³/mol. The van der Waals surface area contributed by atoms with Gasteiger partial charge in [0.25, 0.3) is 10.0 Å². The second-order valence-corrected chi connectivity index (χ2v) is 7.22. The fourth-order valence-electron chi connectivity index (χ4n) is 2.38. The van der Waals surface area contributed by atoms with Gasteiger partial charge in [0, 0.05) is 18.0 Å². The molecule has 2 aromatic carbocycles. The monoisotopic (exact) mass is 330 g/mol. The lowest BCUT2D eigenvalue weighted by Crippen LogP contribution is -2.16. The number of furan rings is 1. The topological polar surface area (TPSA) is 62.6 Å². The third kappa shape index (κ3) is 3.38. The number of para-hydroxylation sites is 2. The molecule has 1 aromatic heterocycles. The molecular weight excluding hydrogens is 312 g/mol. The molecule has 6 heteroatoms. The molecule has 0 amide bonds. The number of hydrogen-bond acceptors (Lipinski definition) is 4. The van der Waals surface area contributed by atoms with Crippen molar-refractivity contribution in [1.29, 1.82) is 0 Å². The first-order chi connectivity index (χ1) is 11.0. The van der Waals surface area contributed by atoms with Crippen molar-refractivity contribution in [2.75, 3.05) is 18.8 Å². The first-order valence-corrected chi connectivity index (χ1v) is 8.68. The normalized spacial score (nSPS) is 12.0. The summed E-state index contributed by atoms with van der Waals surface area (Å²) >= 11 is 0. The van der Waals surface area contributed by atoms with Crippen LogP contribution >= 0.6 is 0 Å². The number of nitrogens with one attached hydrogen (secondary N) is 1. The first-order valence-electron chi connectivity index (χ1n) is 7.20. The van der Waals surface area contributed by atoms with Crippen LogP contribution in [0, 0.1) is 0 Å². The van der Waals surface area contributed by atoms with Crippen LogP contribution in [0.15, 0.2) is 64.1 Å². The van der Waals surface area contributed by atoms with E-state index in [4.69, 9.17) is 4.42 Å². The molecule has 0 atom stereocenters.